The molecule has 0 spiro atoms. The number of carboxylic acid groups (broad SMARTS) is 2. The molecule has 20 nitrogen and oxygen atoms in total. The van der Waals surface area contributed by atoms with E-state index in [0.717, 1.165) is 22.3 Å². The fourth-order valence-electron chi connectivity index (χ4n) is 7.81. The molecule has 0 heterocycles. The minimum Gasteiger partial charge on any atom is -0.481 e. The van der Waals surface area contributed by atoms with Crippen molar-refractivity contribution in [3.8, 4) is 11.1 Å². The third-order valence-electron chi connectivity index (χ3n) is 12.1. The number of carbonyl (C=O) groups is 9. The van der Waals surface area contributed by atoms with E-state index in [1.807, 2.05) is 48.5 Å². The van der Waals surface area contributed by atoms with Crippen molar-refractivity contribution >= 4 is 53.5 Å². The molecule has 0 saturated carbocycles. The highest BCUT2D eigenvalue weighted by molar-refractivity contribution is 5.97. The lowest BCUT2D eigenvalue weighted by Gasteiger charge is -2.29. The molecule has 0 unspecified atom stereocenters. The largest absolute Gasteiger partial charge is 0.481 e. The SMILES string of the molecule is CC[C@H](C)[C@H](NC(=O)[C@H](C)NC(=O)OCC1c2ccccc2-c2ccccc21)C(=O)N[C@@H](Cc1ccccc1)C(=O)N[C@@H](CCC(=O)O)C(=O)N[C@@H](CCCCN)C(=O)N[C@@H](C)C(=O)N[C@@H](C)C(=O)O. The normalized spacial score (nSPS) is 15.1. The van der Waals surface area contributed by atoms with Gasteiger partial charge in [-0.1, -0.05) is 99.1 Å². The Kier molecular flexibility index (Phi) is 21.3. The lowest BCUT2D eigenvalue weighted by molar-refractivity contribution is -0.142. The van der Waals surface area contributed by atoms with Crippen LogP contribution in [0.4, 0.5) is 4.79 Å². The maximum atomic E-state index is 14.3. The number of unbranched alkanes of at least 4 members (excludes halogenated alkanes) is 1. The molecule has 8 atom stereocenters. The Morgan fingerprint density at radius 1 is 0.571 bits per heavy atom. The van der Waals surface area contributed by atoms with Crippen molar-refractivity contribution < 1.29 is 58.1 Å². The first kappa shape index (κ1) is 55.2. The first-order valence-corrected chi connectivity index (χ1v) is 23.5. The highest BCUT2D eigenvalue weighted by Crippen LogP contribution is 2.44. The number of carbonyl (C=O) groups excluding carboxylic acids is 7. The third kappa shape index (κ3) is 16.1. The van der Waals surface area contributed by atoms with Gasteiger partial charge in [-0.05, 0) is 86.7 Å². The predicted molar refractivity (Wildman–Crippen MR) is 258 cm³/mol. The Balaban J connectivity index is 1.48. The molecule has 378 valence electrons. The molecule has 3 aromatic carbocycles. The number of ether oxygens (including phenoxy) is 1. The van der Waals surface area contributed by atoms with Crippen molar-refractivity contribution in [2.75, 3.05) is 13.2 Å². The first-order chi connectivity index (χ1) is 33.3. The van der Waals surface area contributed by atoms with E-state index in [1.165, 1.54) is 20.8 Å². The lowest BCUT2D eigenvalue weighted by atomic mass is 9.96. The maximum absolute atomic E-state index is 14.3. The molecule has 0 saturated heterocycles. The van der Waals surface area contributed by atoms with Crippen LogP contribution in [0.3, 0.4) is 0 Å². The average Bonchev–Trinajstić information content (AvgIpc) is 3.66. The monoisotopic (exact) mass is 970 g/mol. The first-order valence-electron chi connectivity index (χ1n) is 23.5. The summed E-state index contributed by atoms with van der Waals surface area (Å²) in [6.45, 7) is 7.79. The Morgan fingerprint density at radius 3 is 1.64 bits per heavy atom. The number of amides is 7. The van der Waals surface area contributed by atoms with Gasteiger partial charge in [0, 0.05) is 18.8 Å². The average molecular weight is 971 g/mol. The summed E-state index contributed by atoms with van der Waals surface area (Å²) in [6.07, 6.45) is -0.713. The zero-order valence-corrected chi connectivity index (χ0v) is 40.1. The molecule has 7 amide bonds. The molecule has 1 aliphatic carbocycles. The summed E-state index contributed by atoms with van der Waals surface area (Å²) in [5.74, 6) is -8.20. The quantitative estimate of drug-likeness (QED) is 0.0491. The van der Waals surface area contributed by atoms with Crippen molar-refractivity contribution in [2.24, 2.45) is 11.7 Å². The van der Waals surface area contributed by atoms with Gasteiger partial charge in [-0.15, -0.1) is 0 Å². The predicted octanol–water partition coefficient (Wildman–Crippen LogP) is 2.23. The second-order valence-electron chi connectivity index (χ2n) is 17.5. The number of rotatable bonds is 27. The molecule has 11 N–H and O–H groups in total. The fraction of sp³-hybridized carbons (Fsp3) is 0.460. The van der Waals surface area contributed by atoms with E-state index in [2.05, 4.69) is 37.2 Å². The highest BCUT2D eigenvalue weighted by atomic mass is 16.5. The smallest absolute Gasteiger partial charge is 0.407 e. The molecular weight excluding hydrogens is 905 g/mol. The fourth-order valence-corrected chi connectivity index (χ4v) is 7.81. The van der Waals surface area contributed by atoms with Gasteiger partial charge in [0.2, 0.25) is 35.4 Å². The van der Waals surface area contributed by atoms with E-state index in [0.29, 0.717) is 24.8 Å². The van der Waals surface area contributed by atoms with Crippen LogP contribution in [0.15, 0.2) is 78.9 Å². The number of hydrogen-bond donors (Lipinski definition) is 10. The van der Waals surface area contributed by atoms with E-state index in [-0.39, 0.29) is 31.9 Å². The summed E-state index contributed by atoms with van der Waals surface area (Å²) >= 11 is 0. The molecule has 4 rings (SSSR count). The molecule has 1 aliphatic rings. The van der Waals surface area contributed by atoms with Gasteiger partial charge in [0.15, 0.2) is 0 Å². The molecule has 0 aromatic heterocycles. The molecule has 70 heavy (non-hydrogen) atoms. The number of aliphatic carboxylic acids is 2. The Labute approximate surface area is 407 Å². The van der Waals surface area contributed by atoms with E-state index in [9.17, 15) is 53.4 Å². The zero-order valence-electron chi connectivity index (χ0n) is 40.1. The molecule has 0 radical (unpaired) electrons. The van der Waals surface area contributed by atoms with Crippen LogP contribution in [0.1, 0.15) is 95.8 Å². The van der Waals surface area contributed by atoms with Gasteiger partial charge in [0.05, 0.1) is 0 Å². The molecule has 0 fully saturated rings. The molecule has 3 aromatic rings. The standard InChI is InChI=1S/C50H66N8O12/c1-6-28(2)42(58-44(62)30(4)54-50(69)70-27-37-35-20-12-10-18-33(35)34-19-11-13-21-36(34)37)48(66)57-40(26-32-16-8-7-9-17-32)47(65)56-39(23-24-41(59)60)46(64)55-38(22-14-15-25-51)45(63)52-29(3)43(61)53-31(5)49(67)68/h7-13,16-21,28-31,37-40,42H,6,14-15,22-27,51H2,1-5H3,(H,52,63)(H,53,61)(H,54,69)(H,55,64)(H,56,65)(H,57,66)(H,58,62)(H,59,60)(H,67,68)/t28-,29-,30-,31-,38-,39-,40-,42-/m0/s1. The van der Waals surface area contributed by atoms with Gasteiger partial charge in [0.1, 0.15) is 48.9 Å². The van der Waals surface area contributed by atoms with E-state index >= 15 is 0 Å². The Hall–Kier alpha value is -7.35. The van der Waals surface area contributed by atoms with Gasteiger partial charge < -0.3 is 57.9 Å². The number of benzene rings is 3. The number of hydrogen-bond acceptors (Lipinski definition) is 11. The van der Waals surface area contributed by atoms with Crippen molar-refractivity contribution in [2.45, 2.75) is 128 Å². The summed E-state index contributed by atoms with van der Waals surface area (Å²) in [5.41, 5.74) is 10.4. The summed E-state index contributed by atoms with van der Waals surface area (Å²) < 4.78 is 5.62. The highest BCUT2D eigenvalue weighted by Gasteiger charge is 2.35. The number of nitrogens with two attached hydrogens (primary N) is 1. The van der Waals surface area contributed by atoms with Crippen LogP contribution < -0.4 is 43.0 Å². The summed E-state index contributed by atoms with van der Waals surface area (Å²) in [7, 11) is 0. The van der Waals surface area contributed by atoms with E-state index in [4.69, 9.17) is 10.5 Å². The zero-order chi connectivity index (χ0) is 51.5. The van der Waals surface area contributed by atoms with Crippen LogP contribution in [0.25, 0.3) is 11.1 Å². The number of fused-ring (bicyclic) bond motifs is 3. The minimum absolute atomic E-state index is 0.0108. The van der Waals surface area contributed by atoms with Gasteiger partial charge in [-0.3, -0.25) is 38.4 Å². The number of nitrogens with one attached hydrogen (secondary N) is 7. The second-order valence-corrected chi connectivity index (χ2v) is 17.5. The number of carboxylic acids is 2. The van der Waals surface area contributed by atoms with Crippen LogP contribution in [0, 0.1) is 5.92 Å². The number of alkyl carbamates (subject to hydrolysis) is 1. The molecule has 0 bridgehead atoms. The van der Waals surface area contributed by atoms with Crippen LogP contribution >= 0.6 is 0 Å². The summed E-state index contributed by atoms with van der Waals surface area (Å²) in [4.78, 5) is 118. The molecular formula is C50H66N8O12. The van der Waals surface area contributed by atoms with Gasteiger partial charge >= 0.3 is 18.0 Å². The molecule has 0 aliphatic heterocycles. The van der Waals surface area contributed by atoms with Gasteiger partial charge in [-0.25, -0.2) is 4.79 Å². The van der Waals surface area contributed by atoms with Gasteiger partial charge in [-0.2, -0.15) is 0 Å². The molecule has 20 heteroatoms. The third-order valence-corrected chi connectivity index (χ3v) is 12.1. The van der Waals surface area contributed by atoms with Gasteiger partial charge in [0.25, 0.3) is 0 Å². The Morgan fingerprint density at radius 2 is 1.07 bits per heavy atom. The van der Waals surface area contributed by atoms with Crippen molar-refractivity contribution in [1.82, 2.24) is 37.2 Å². The lowest BCUT2D eigenvalue weighted by Crippen LogP contribution is -2.60. The van der Waals surface area contributed by atoms with Crippen LogP contribution in [0.2, 0.25) is 0 Å². The Bertz CT molecular complexity index is 2280. The van der Waals surface area contributed by atoms with Crippen molar-refractivity contribution in [3.63, 3.8) is 0 Å². The summed E-state index contributed by atoms with van der Waals surface area (Å²) in [5, 5.41) is 36.5. The van der Waals surface area contributed by atoms with Crippen LogP contribution in [-0.4, -0.2) is 119 Å². The van der Waals surface area contributed by atoms with Crippen LogP contribution in [0.5, 0.6) is 0 Å². The van der Waals surface area contributed by atoms with Crippen molar-refractivity contribution in [1.29, 1.82) is 0 Å². The minimum atomic E-state index is -1.55. The maximum Gasteiger partial charge on any atom is 0.407 e. The van der Waals surface area contributed by atoms with E-state index in [1.54, 1.807) is 44.2 Å². The topological polar surface area (TPSA) is 314 Å². The summed E-state index contributed by atoms with van der Waals surface area (Å²) in [6, 6.07) is 15.2. The van der Waals surface area contributed by atoms with Crippen LogP contribution in [-0.2, 0) is 49.5 Å². The van der Waals surface area contributed by atoms with Crippen molar-refractivity contribution in [3.05, 3.63) is 95.6 Å². The van der Waals surface area contributed by atoms with E-state index < -0.39 is 115 Å². The second kappa shape index (κ2) is 27.0.